The molecule has 16 heteroatoms. The molecule has 0 bridgehead atoms. The zero-order chi connectivity index (χ0) is 34.8. The van der Waals surface area contributed by atoms with Crippen LogP contribution in [0.3, 0.4) is 0 Å². The van der Waals surface area contributed by atoms with E-state index >= 15 is 0 Å². The molecule has 0 aromatic heterocycles. The molecular formula is C34H52BrClN6O8. The van der Waals surface area contributed by atoms with E-state index in [0.717, 1.165) is 123 Å². The Kier molecular flexibility index (Phi) is 18.9. The quantitative estimate of drug-likeness (QED) is 0.179. The van der Waals surface area contributed by atoms with Gasteiger partial charge in [-0.2, -0.15) is 0 Å². The number of aromatic hydroxyl groups is 1. The molecule has 0 saturated carbocycles. The number of phenols is 1. The van der Waals surface area contributed by atoms with E-state index in [4.69, 9.17) is 14.2 Å². The summed E-state index contributed by atoms with van der Waals surface area (Å²) in [7, 11) is 0. The highest BCUT2D eigenvalue weighted by atomic mass is 79.9. The first-order valence-electron chi connectivity index (χ1n) is 17.4. The Hall–Kier alpha value is -2.95. The predicted molar refractivity (Wildman–Crippen MR) is 201 cm³/mol. The Morgan fingerprint density at radius 1 is 0.680 bits per heavy atom. The van der Waals surface area contributed by atoms with Crippen LogP contribution in [0, 0.1) is 20.2 Å². The maximum absolute atomic E-state index is 11.4. The molecule has 50 heavy (non-hydrogen) atoms. The van der Waals surface area contributed by atoms with Crippen molar-refractivity contribution in [2.24, 2.45) is 0 Å². The number of halogens is 2. The average molecular weight is 788 g/mol. The van der Waals surface area contributed by atoms with E-state index in [-0.39, 0.29) is 34.5 Å². The van der Waals surface area contributed by atoms with E-state index in [9.17, 15) is 25.3 Å². The van der Waals surface area contributed by atoms with Gasteiger partial charge >= 0.3 is 0 Å². The molecule has 4 aliphatic heterocycles. The molecule has 4 saturated heterocycles. The van der Waals surface area contributed by atoms with Gasteiger partial charge in [-0.05, 0) is 62.8 Å². The number of ether oxygens (including phenoxy) is 3. The first-order valence-corrected chi connectivity index (χ1v) is 18.5. The van der Waals surface area contributed by atoms with Gasteiger partial charge in [0.25, 0.3) is 11.4 Å². The van der Waals surface area contributed by atoms with Crippen LogP contribution in [-0.2, 0) is 9.47 Å². The monoisotopic (exact) mass is 786 g/mol. The highest BCUT2D eigenvalue weighted by Gasteiger charge is 2.23. The summed E-state index contributed by atoms with van der Waals surface area (Å²) in [5, 5.41) is 32.7. The number of hydrogen-bond acceptors (Lipinski definition) is 12. The minimum absolute atomic E-state index is 0. The fraction of sp³-hybridized carbons (Fsp3) is 0.647. The molecule has 14 nitrogen and oxygen atoms in total. The summed E-state index contributed by atoms with van der Waals surface area (Å²) in [5.41, 5.74) is 1.45. The molecule has 4 heterocycles. The lowest BCUT2D eigenvalue weighted by atomic mass is 10.1. The molecule has 4 fully saturated rings. The molecular weight excluding hydrogens is 736 g/mol. The van der Waals surface area contributed by atoms with Crippen LogP contribution in [0.4, 0.5) is 22.7 Å². The Morgan fingerprint density at radius 3 is 1.62 bits per heavy atom. The van der Waals surface area contributed by atoms with Crippen LogP contribution in [0.5, 0.6) is 11.5 Å². The van der Waals surface area contributed by atoms with E-state index in [1.54, 1.807) is 12.1 Å². The van der Waals surface area contributed by atoms with Crippen molar-refractivity contribution in [1.82, 2.24) is 9.80 Å². The SMILES string of the molecule is BrCCN1CCOCC1.Cl.O=[N+]([O-])c1cc(O)ccc1N1CCCCC1.O=[N+]([O-])c1cc(OCCN2CCOCC2)ccc1N1CCCCC1. The summed E-state index contributed by atoms with van der Waals surface area (Å²) < 4.78 is 16.2. The summed E-state index contributed by atoms with van der Waals surface area (Å²) in [6.07, 6.45) is 6.70. The Labute approximate surface area is 309 Å². The lowest BCUT2D eigenvalue weighted by molar-refractivity contribution is -0.384. The summed E-state index contributed by atoms with van der Waals surface area (Å²) in [6, 6.07) is 9.56. The van der Waals surface area contributed by atoms with E-state index in [2.05, 4.69) is 30.6 Å². The fourth-order valence-electron chi connectivity index (χ4n) is 6.26. The van der Waals surface area contributed by atoms with Crippen LogP contribution >= 0.6 is 28.3 Å². The standard InChI is InChI=1S/C17H25N3O4.C11H14N2O3.C6H12BrNO.ClH/c21-20(22)17-14-15(24-13-10-18-8-11-23-12-9-18)4-5-16(17)19-6-2-1-3-7-19;14-9-4-5-10(11(8-9)13(15)16)12-6-2-1-3-7-12;7-1-2-8-3-5-9-6-4-8;/h4-5,14H,1-3,6-13H2;4-5,8,14H,1-3,6-7H2;1-6H2;1H. The first kappa shape index (κ1) is 41.5. The highest BCUT2D eigenvalue weighted by Crippen LogP contribution is 2.34. The van der Waals surface area contributed by atoms with Crippen molar-refractivity contribution in [3.8, 4) is 11.5 Å². The maximum Gasteiger partial charge on any atom is 0.296 e. The first-order chi connectivity index (χ1) is 23.9. The Balaban J connectivity index is 0.000000224. The average Bonchev–Trinajstić information content (AvgIpc) is 3.14. The third kappa shape index (κ3) is 13.6. The smallest absolute Gasteiger partial charge is 0.296 e. The van der Waals surface area contributed by atoms with Crippen molar-refractivity contribution in [3.05, 3.63) is 56.6 Å². The zero-order valence-corrected chi connectivity index (χ0v) is 31.2. The number of rotatable bonds is 10. The molecule has 2 aromatic carbocycles. The minimum atomic E-state index is -0.441. The highest BCUT2D eigenvalue weighted by molar-refractivity contribution is 9.09. The molecule has 0 radical (unpaired) electrons. The van der Waals surface area contributed by atoms with Gasteiger partial charge in [0.2, 0.25) is 0 Å². The van der Waals surface area contributed by atoms with Gasteiger partial charge < -0.3 is 29.1 Å². The number of hydrogen-bond donors (Lipinski definition) is 1. The maximum atomic E-state index is 11.4. The molecule has 0 amide bonds. The molecule has 0 aliphatic carbocycles. The number of nitrogens with zero attached hydrogens (tertiary/aromatic N) is 6. The van der Waals surface area contributed by atoms with Crippen molar-refractivity contribution < 1.29 is 29.2 Å². The molecule has 4 aliphatic rings. The van der Waals surface area contributed by atoms with Gasteiger partial charge in [-0.15, -0.1) is 12.4 Å². The van der Waals surface area contributed by atoms with Crippen molar-refractivity contribution in [2.45, 2.75) is 38.5 Å². The van der Waals surface area contributed by atoms with E-state index in [1.165, 1.54) is 25.0 Å². The molecule has 1 N–H and O–H groups in total. The van der Waals surface area contributed by atoms with Crippen LogP contribution in [0.1, 0.15) is 38.5 Å². The Morgan fingerprint density at radius 2 is 1.14 bits per heavy atom. The second kappa shape index (κ2) is 22.8. The summed E-state index contributed by atoms with van der Waals surface area (Å²) in [5.74, 6) is 0.503. The molecule has 6 rings (SSSR count). The van der Waals surface area contributed by atoms with Crippen LogP contribution in [-0.4, -0.2) is 129 Å². The van der Waals surface area contributed by atoms with Crippen LogP contribution in [0.15, 0.2) is 36.4 Å². The van der Waals surface area contributed by atoms with Crippen LogP contribution in [0.2, 0.25) is 0 Å². The van der Waals surface area contributed by atoms with Crippen molar-refractivity contribution in [3.63, 3.8) is 0 Å². The van der Waals surface area contributed by atoms with Crippen molar-refractivity contribution in [2.75, 3.05) is 114 Å². The number of alkyl halides is 1. The van der Waals surface area contributed by atoms with Crippen LogP contribution < -0.4 is 14.5 Å². The second-order valence-corrected chi connectivity index (χ2v) is 13.2. The van der Waals surface area contributed by atoms with Gasteiger partial charge in [-0.25, -0.2) is 0 Å². The van der Waals surface area contributed by atoms with Crippen molar-refractivity contribution in [1.29, 1.82) is 0 Å². The third-order valence-electron chi connectivity index (χ3n) is 8.98. The predicted octanol–water partition coefficient (Wildman–Crippen LogP) is 5.72. The lowest BCUT2D eigenvalue weighted by Gasteiger charge is -2.28. The van der Waals surface area contributed by atoms with Gasteiger partial charge in [0.1, 0.15) is 29.5 Å². The third-order valence-corrected chi connectivity index (χ3v) is 9.33. The van der Waals surface area contributed by atoms with E-state index in [1.807, 2.05) is 17.0 Å². The molecule has 280 valence electrons. The van der Waals surface area contributed by atoms with Crippen LogP contribution in [0.25, 0.3) is 0 Å². The lowest BCUT2D eigenvalue weighted by Crippen LogP contribution is -2.38. The largest absolute Gasteiger partial charge is 0.508 e. The summed E-state index contributed by atoms with van der Waals surface area (Å²) in [6.45, 7) is 13.3. The Bertz CT molecular complexity index is 1300. The fourth-order valence-corrected chi connectivity index (χ4v) is 6.76. The number of phenolic OH excluding ortho intramolecular Hbond substituents is 1. The number of piperidine rings is 2. The normalized spacial score (nSPS) is 18.4. The topological polar surface area (TPSA) is 147 Å². The number of nitro benzene ring substituents is 2. The second-order valence-electron chi connectivity index (χ2n) is 12.4. The number of morpholine rings is 2. The molecule has 0 atom stereocenters. The van der Waals surface area contributed by atoms with Crippen molar-refractivity contribution >= 4 is 51.1 Å². The van der Waals surface area contributed by atoms with Gasteiger partial charge in [0.15, 0.2) is 0 Å². The number of nitro groups is 2. The van der Waals surface area contributed by atoms with Gasteiger partial charge in [-0.1, -0.05) is 15.9 Å². The van der Waals surface area contributed by atoms with Gasteiger partial charge in [-0.3, -0.25) is 30.0 Å². The molecule has 0 unspecified atom stereocenters. The number of benzene rings is 2. The zero-order valence-electron chi connectivity index (χ0n) is 28.8. The molecule has 0 spiro atoms. The summed E-state index contributed by atoms with van der Waals surface area (Å²) >= 11 is 3.40. The van der Waals surface area contributed by atoms with E-state index < -0.39 is 4.92 Å². The van der Waals surface area contributed by atoms with E-state index in [0.29, 0.717) is 23.7 Å². The molecule has 2 aromatic rings. The minimum Gasteiger partial charge on any atom is -0.508 e. The summed E-state index contributed by atoms with van der Waals surface area (Å²) in [4.78, 5) is 30.4. The number of anilines is 2. The van der Waals surface area contributed by atoms with Gasteiger partial charge in [0.05, 0.1) is 48.4 Å². The van der Waals surface area contributed by atoms with Gasteiger partial charge in [0, 0.05) is 70.8 Å².